The van der Waals surface area contributed by atoms with E-state index < -0.39 is 0 Å². The number of carbonyl (C=O) groups is 3. The number of benzene rings is 3. The molecule has 1 aliphatic rings. The summed E-state index contributed by atoms with van der Waals surface area (Å²) < 4.78 is 0. The third-order valence-corrected chi connectivity index (χ3v) is 6.36. The van der Waals surface area contributed by atoms with Gasteiger partial charge in [0.15, 0.2) is 0 Å². The Morgan fingerprint density at radius 2 is 1.57 bits per heavy atom. The Bertz CT molecular complexity index is 1490. The molecule has 3 amide bonds. The van der Waals surface area contributed by atoms with E-state index in [0.29, 0.717) is 29.1 Å². The molecule has 5 rings (SSSR count). The van der Waals surface area contributed by atoms with Gasteiger partial charge in [-0.15, -0.1) is 0 Å². The molecule has 0 saturated carbocycles. The Balaban J connectivity index is 1.26. The van der Waals surface area contributed by atoms with Crippen LogP contribution in [0.4, 0.5) is 17.2 Å². The van der Waals surface area contributed by atoms with E-state index in [1.165, 1.54) is 17.3 Å². The fourth-order valence-corrected chi connectivity index (χ4v) is 4.16. The minimum atomic E-state index is -0.367. The Hall–Kier alpha value is -4.85. The van der Waals surface area contributed by atoms with Crippen LogP contribution in [-0.4, -0.2) is 38.6 Å². The van der Waals surface area contributed by atoms with E-state index in [-0.39, 0.29) is 29.3 Å². The maximum Gasteiger partial charge on any atom is 0.261 e. The van der Waals surface area contributed by atoms with E-state index >= 15 is 0 Å². The topological polar surface area (TPSA) is 104 Å². The summed E-state index contributed by atoms with van der Waals surface area (Å²) in [7, 11) is 0. The molecule has 0 spiro atoms. The highest BCUT2D eigenvalue weighted by atomic mass is 16.2. The quantitative estimate of drug-likeness (QED) is 0.329. The minimum Gasteiger partial charge on any atom is -0.340 e. The number of hydrogen-bond donors (Lipinski definition) is 2. The van der Waals surface area contributed by atoms with Gasteiger partial charge in [0.1, 0.15) is 12.1 Å². The van der Waals surface area contributed by atoms with Crippen LogP contribution in [0.2, 0.25) is 0 Å². The van der Waals surface area contributed by atoms with Crippen molar-refractivity contribution < 1.29 is 14.4 Å². The van der Waals surface area contributed by atoms with Gasteiger partial charge in [0, 0.05) is 34.6 Å². The van der Waals surface area contributed by atoms with Crippen molar-refractivity contribution in [1.82, 2.24) is 14.9 Å². The zero-order valence-electron chi connectivity index (χ0n) is 20.4. The van der Waals surface area contributed by atoms with Crippen molar-refractivity contribution in [3.63, 3.8) is 0 Å². The van der Waals surface area contributed by atoms with Gasteiger partial charge in [0.05, 0.1) is 16.8 Å². The number of aromatic nitrogens is 2. The van der Waals surface area contributed by atoms with Crippen LogP contribution in [0.5, 0.6) is 0 Å². The first-order chi connectivity index (χ1) is 17.9. The standard InChI is InChI=1S/C29H25N5O3/c1-3-18(2)34-28(36)23-14-9-20(15-24(23)29(34)37)27(35)33-22-12-10-21(11-13-22)32-26-16-25(30-17-31-26)19-7-5-4-6-8-19/h4-18H,3H2,1-2H3,(H,33,35)(H,30,31,32). The fourth-order valence-electron chi connectivity index (χ4n) is 4.16. The van der Waals surface area contributed by atoms with Gasteiger partial charge >= 0.3 is 0 Å². The van der Waals surface area contributed by atoms with Crippen LogP contribution in [0.1, 0.15) is 51.3 Å². The van der Waals surface area contributed by atoms with Crippen molar-refractivity contribution in [2.75, 3.05) is 10.6 Å². The van der Waals surface area contributed by atoms with Gasteiger partial charge in [0.2, 0.25) is 0 Å². The van der Waals surface area contributed by atoms with Crippen molar-refractivity contribution in [1.29, 1.82) is 0 Å². The molecule has 1 aromatic heterocycles. The Labute approximate surface area is 214 Å². The summed E-state index contributed by atoms with van der Waals surface area (Å²) in [6.07, 6.45) is 2.17. The molecule has 0 fully saturated rings. The van der Waals surface area contributed by atoms with Crippen LogP contribution in [0.25, 0.3) is 11.3 Å². The summed E-state index contributed by atoms with van der Waals surface area (Å²) in [5, 5.41) is 6.08. The highest BCUT2D eigenvalue weighted by Crippen LogP contribution is 2.27. The Kier molecular flexibility index (Phi) is 6.47. The molecule has 3 aromatic carbocycles. The van der Waals surface area contributed by atoms with E-state index in [4.69, 9.17) is 0 Å². The lowest BCUT2D eigenvalue weighted by atomic mass is 10.1. The van der Waals surface area contributed by atoms with Gasteiger partial charge in [0.25, 0.3) is 17.7 Å². The summed E-state index contributed by atoms with van der Waals surface area (Å²) in [4.78, 5) is 48.2. The van der Waals surface area contributed by atoms with Crippen molar-refractivity contribution in [3.05, 3.63) is 102 Å². The highest BCUT2D eigenvalue weighted by molar-refractivity contribution is 6.22. The van der Waals surface area contributed by atoms with Gasteiger partial charge < -0.3 is 10.6 Å². The fraction of sp³-hybridized carbons (Fsp3) is 0.138. The van der Waals surface area contributed by atoms with Crippen molar-refractivity contribution in [2.24, 2.45) is 0 Å². The molecule has 1 unspecified atom stereocenters. The third-order valence-electron chi connectivity index (χ3n) is 6.36. The average molecular weight is 492 g/mol. The number of amides is 3. The molecule has 2 heterocycles. The van der Waals surface area contributed by atoms with Crippen LogP contribution in [0, 0.1) is 0 Å². The summed E-state index contributed by atoms with van der Waals surface area (Å²) in [5.74, 6) is -0.396. The molecular weight excluding hydrogens is 466 g/mol. The number of nitrogens with one attached hydrogen (secondary N) is 2. The summed E-state index contributed by atoms with van der Waals surface area (Å²) in [6.45, 7) is 3.75. The van der Waals surface area contributed by atoms with Crippen LogP contribution in [-0.2, 0) is 0 Å². The number of nitrogens with zero attached hydrogens (tertiary/aromatic N) is 3. The molecule has 4 aromatic rings. The average Bonchev–Trinajstić information content (AvgIpc) is 3.19. The summed E-state index contributed by atoms with van der Waals surface area (Å²) in [5.41, 5.74) is 4.09. The number of imide groups is 1. The Morgan fingerprint density at radius 3 is 2.30 bits per heavy atom. The minimum absolute atomic E-state index is 0.205. The second-order valence-electron chi connectivity index (χ2n) is 8.81. The first-order valence-electron chi connectivity index (χ1n) is 12.0. The molecule has 8 heteroatoms. The van der Waals surface area contributed by atoms with Gasteiger partial charge in [-0.25, -0.2) is 9.97 Å². The first kappa shape index (κ1) is 23.9. The molecule has 0 saturated heterocycles. The summed E-state index contributed by atoms with van der Waals surface area (Å²) in [6, 6.07) is 23.3. The predicted molar refractivity (Wildman–Crippen MR) is 142 cm³/mol. The second-order valence-corrected chi connectivity index (χ2v) is 8.81. The molecule has 0 radical (unpaired) electrons. The smallest absolute Gasteiger partial charge is 0.261 e. The molecular formula is C29H25N5O3. The lowest BCUT2D eigenvalue weighted by Gasteiger charge is -2.20. The zero-order valence-corrected chi connectivity index (χ0v) is 20.4. The molecule has 1 aliphatic heterocycles. The molecule has 184 valence electrons. The Morgan fingerprint density at radius 1 is 0.865 bits per heavy atom. The van der Waals surface area contributed by atoms with Crippen molar-refractivity contribution in [3.8, 4) is 11.3 Å². The first-order valence-corrected chi connectivity index (χ1v) is 12.0. The highest BCUT2D eigenvalue weighted by Gasteiger charge is 2.38. The maximum absolute atomic E-state index is 12.9. The third kappa shape index (κ3) is 4.81. The van der Waals surface area contributed by atoms with E-state index in [9.17, 15) is 14.4 Å². The number of carbonyl (C=O) groups excluding carboxylic acids is 3. The van der Waals surface area contributed by atoms with Crippen LogP contribution in [0.15, 0.2) is 85.2 Å². The molecule has 8 nitrogen and oxygen atoms in total. The number of hydrogen-bond acceptors (Lipinski definition) is 6. The number of anilines is 3. The maximum atomic E-state index is 12.9. The predicted octanol–water partition coefficient (Wildman–Crippen LogP) is 5.53. The molecule has 1 atom stereocenters. The molecule has 0 bridgehead atoms. The van der Waals surface area contributed by atoms with E-state index in [1.54, 1.807) is 24.3 Å². The SMILES string of the molecule is CCC(C)N1C(=O)c2ccc(C(=O)Nc3ccc(Nc4cc(-c5ccccc5)ncn4)cc3)cc2C1=O. The molecule has 2 N–H and O–H groups in total. The van der Waals surface area contributed by atoms with Gasteiger partial charge in [-0.05, 0) is 55.8 Å². The van der Waals surface area contributed by atoms with Crippen molar-refractivity contribution >= 4 is 34.9 Å². The lowest BCUT2D eigenvalue weighted by Crippen LogP contribution is -2.37. The molecule has 0 aliphatic carbocycles. The molecule has 37 heavy (non-hydrogen) atoms. The van der Waals surface area contributed by atoms with Gasteiger partial charge in [-0.1, -0.05) is 37.3 Å². The zero-order chi connectivity index (χ0) is 25.9. The van der Waals surface area contributed by atoms with E-state index in [2.05, 4.69) is 20.6 Å². The normalized spacial score (nSPS) is 13.3. The van der Waals surface area contributed by atoms with Gasteiger partial charge in [-0.2, -0.15) is 0 Å². The number of rotatable bonds is 7. The number of fused-ring (bicyclic) bond motifs is 1. The van der Waals surface area contributed by atoms with Crippen LogP contribution in [0.3, 0.4) is 0 Å². The lowest BCUT2D eigenvalue weighted by molar-refractivity contribution is 0.0593. The van der Waals surface area contributed by atoms with Gasteiger partial charge in [-0.3, -0.25) is 19.3 Å². The van der Waals surface area contributed by atoms with Crippen LogP contribution < -0.4 is 10.6 Å². The van der Waals surface area contributed by atoms with Crippen LogP contribution >= 0.6 is 0 Å². The van der Waals surface area contributed by atoms with E-state index in [0.717, 1.165) is 16.9 Å². The van der Waals surface area contributed by atoms with Crippen molar-refractivity contribution in [2.45, 2.75) is 26.3 Å². The second kappa shape index (κ2) is 10.0. The monoisotopic (exact) mass is 491 g/mol. The summed E-state index contributed by atoms with van der Waals surface area (Å²) >= 11 is 0. The van der Waals surface area contributed by atoms with E-state index in [1.807, 2.05) is 62.4 Å². The largest absolute Gasteiger partial charge is 0.340 e.